The van der Waals surface area contributed by atoms with Crippen molar-refractivity contribution in [3.05, 3.63) is 18.2 Å². The minimum Gasteiger partial charge on any atom is -0.468 e. The first kappa shape index (κ1) is 15.5. The molecule has 0 fully saturated rings. The van der Waals surface area contributed by atoms with E-state index in [0.29, 0.717) is 11.5 Å². The molecule has 0 aromatic carbocycles. The molecule has 0 unspecified atom stereocenters. The van der Waals surface area contributed by atoms with Crippen molar-refractivity contribution in [2.24, 2.45) is 0 Å². The fraction of sp³-hybridized carbons (Fsp3) is 0.385. The highest BCUT2D eigenvalue weighted by Crippen LogP contribution is 2.16. The lowest BCUT2D eigenvalue weighted by Crippen LogP contribution is -2.28. The molecule has 0 aliphatic heterocycles. The maximum absolute atomic E-state index is 11.4. The number of amides is 1. The molecule has 0 aliphatic carbocycles. The predicted molar refractivity (Wildman–Crippen MR) is 78.9 cm³/mol. The smallest absolute Gasteiger partial charge is 0.414 e. The molecule has 2 heterocycles. The maximum Gasteiger partial charge on any atom is 0.414 e. The average molecular weight is 307 g/mol. The molecule has 1 N–H and O–H groups in total. The molecule has 2 aromatic rings. The molecular formula is C13H17N5O4. The van der Waals surface area contributed by atoms with Crippen LogP contribution in [0.3, 0.4) is 0 Å². The van der Waals surface area contributed by atoms with E-state index in [0.717, 1.165) is 0 Å². The molecule has 2 rings (SSSR count). The third-order valence-electron chi connectivity index (χ3n) is 2.81. The third kappa shape index (κ3) is 3.43. The largest absolute Gasteiger partial charge is 0.468 e. The van der Waals surface area contributed by atoms with Crippen LogP contribution in [0, 0.1) is 0 Å². The Kier molecular flexibility index (Phi) is 4.77. The summed E-state index contributed by atoms with van der Waals surface area (Å²) in [6.45, 7) is 2.03. The zero-order valence-corrected chi connectivity index (χ0v) is 12.6. The van der Waals surface area contributed by atoms with Gasteiger partial charge in [0.15, 0.2) is 5.65 Å². The topological polar surface area (TPSA) is 98.1 Å². The van der Waals surface area contributed by atoms with Crippen molar-refractivity contribution >= 4 is 29.5 Å². The summed E-state index contributed by atoms with van der Waals surface area (Å²) >= 11 is 0. The summed E-state index contributed by atoms with van der Waals surface area (Å²) in [4.78, 5) is 28.6. The molecule has 0 saturated heterocycles. The van der Waals surface area contributed by atoms with Crippen LogP contribution in [-0.2, 0) is 14.3 Å². The summed E-state index contributed by atoms with van der Waals surface area (Å²) in [7, 11) is 3.05. The first-order valence-corrected chi connectivity index (χ1v) is 6.62. The van der Waals surface area contributed by atoms with E-state index in [9.17, 15) is 9.59 Å². The van der Waals surface area contributed by atoms with Gasteiger partial charge in [0.1, 0.15) is 12.4 Å². The van der Waals surface area contributed by atoms with Gasteiger partial charge in [0.25, 0.3) is 5.95 Å². The van der Waals surface area contributed by atoms with Gasteiger partial charge in [-0.15, -0.1) is 5.10 Å². The number of hydrogen-bond donors (Lipinski definition) is 1. The normalized spacial score (nSPS) is 10.3. The summed E-state index contributed by atoms with van der Waals surface area (Å²) < 4.78 is 10.9. The fourth-order valence-electron chi connectivity index (χ4n) is 1.83. The molecule has 22 heavy (non-hydrogen) atoms. The van der Waals surface area contributed by atoms with Crippen molar-refractivity contribution in [2.75, 3.05) is 37.5 Å². The molecule has 0 saturated carbocycles. The first-order valence-electron chi connectivity index (χ1n) is 6.62. The molecule has 2 aromatic heterocycles. The number of carbonyl (C=O) groups excluding carboxylic acids is 2. The number of fused-ring (bicyclic) bond motifs is 1. The van der Waals surface area contributed by atoms with E-state index >= 15 is 0 Å². The van der Waals surface area contributed by atoms with Gasteiger partial charge in [-0.25, -0.2) is 4.79 Å². The van der Waals surface area contributed by atoms with Crippen LogP contribution in [0.4, 0.5) is 16.6 Å². The lowest BCUT2D eigenvalue weighted by atomic mass is 10.4. The van der Waals surface area contributed by atoms with Crippen LogP contribution < -0.4 is 10.2 Å². The van der Waals surface area contributed by atoms with Gasteiger partial charge in [-0.2, -0.15) is 9.50 Å². The van der Waals surface area contributed by atoms with Crippen LogP contribution in [0.1, 0.15) is 6.92 Å². The molecular weight excluding hydrogens is 290 g/mol. The molecule has 0 bridgehead atoms. The van der Waals surface area contributed by atoms with Crippen LogP contribution >= 0.6 is 0 Å². The fourth-order valence-corrected chi connectivity index (χ4v) is 1.83. The molecule has 9 heteroatoms. The van der Waals surface area contributed by atoms with Gasteiger partial charge in [0, 0.05) is 7.05 Å². The lowest BCUT2D eigenvalue weighted by Gasteiger charge is -2.17. The summed E-state index contributed by atoms with van der Waals surface area (Å²) in [5.41, 5.74) is 0.529. The monoisotopic (exact) mass is 307 g/mol. The van der Waals surface area contributed by atoms with Crippen LogP contribution in [0.15, 0.2) is 18.2 Å². The average Bonchev–Trinajstić information content (AvgIpc) is 2.88. The number of esters is 1. The van der Waals surface area contributed by atoms with E-state index in [2.05, 4.69) is 20.1 Å². The second-order valence-corrected chi connectivity index (χ2v) is 4.37. The Labute approximate surface area is 126 Å². The number of hydrogen-bond acceptors (Lipinski definition) is 7. The van der Waals surface area contributed by atoms with Crippen molar-refractivity contribution in [3.63, 3.8) is 0 Å². The summed E-state index contributed by atoms with van der Waals surface area (Å²) in [6.07, 6.45) is -0.622. The number of anilines is 2. The Morgan fingerprint density at radius 2 is 2.18 bits per heavy atom. The SMILES string of the molecule is CCOC(=O)Nc1nc2cccc(N(C)CC(=O)OC)n2n1. The number of rotatable bonds is 5. The standard InChI is InChI=1S/C13H17N5O4/c1-4-22-13(20)15-12-14-9-6-5-7-10(18(9)16-12)17(2)8-11(19)21-3/h5-7H,4,8H2,1-3H3,(H,15,16,20). The summed E-state index contributed by atoms with van der Waals surface area (Å²) in [6, 6.07) is 5.29. The van der Waals surface area contributed by atoms with Gasteiger partial charge >= 0.3 is 12.1 Å². The molecule has 0 atom stereocenters. The Balaban J connectivity index is 2.26. The van der Waals surface area contributed by atoms with Crippen LogP contribution in [0.2, 0.25) is 0 Å². The van der Waals surface area contributed by atoms with Crippen molar-refractivity contribution in [2.45, 2.75) is 6.92 Å². The van der Waals surface area contributed by atoms with Crippen LogP contribution in [0.25, 0.3) is 5.65 Å². The maximum atomic E-state index is 11.4. The van der Waals surface area contributed by atoms with E-state index in [1.54, 1.807) is 37.1 Å². The van der Waals surface area contributed by atoms with Crippen LogP contribution in [-0.4, -0.2) is 54.0 Å². The Morgan fingerprint density at radius 1 is 1.41 bits per heavy atom. The summed E-state index contributed by atoms with van der Waals surface area (Å²) in [5, 5.41) is 6.62. The minimum absolute atomic E-state index is 0.0656. The van der Waals surface area contributed by atoms with Gasteiger partial charge < -0.3 is 14.4 Å². The number of pyridine rings is 1. The highest BCUT2D eigenvalue weighted by Gasteiger charge is 2.14. The van der Waals surface area contributed by atoms with Crippen molar-refractivity contribution in [3.8, 4) is 0 Å². The molecule has 0 spiro atoms. The molecule has 0 aliphatic rings. The van der Waals surface area contributed by atoms with Gasteiger partial charge in [0.05, 0.1) is 13.7 Å². The van der Waals surface area contributed by atoms with Crippen molar-refractivity contribution < 1.29 is 19.1 Å². The third-order valence-corrected chi connectivity index (χ3v) is 2.81. The first-order chi connectivity index (χ1) is 10.5. The highest BCUT2D eigenvalue weighted by molar-refractivity contribution is 5.82. The van der Waals surface area contributed by atoms with E-state index in [1.807, 2.05) is 0 Å². The molecule has 9 nitrogen and oxygen atoms in total. The Bertz CT molecular complexity index is 684. The van der Waals surface area contributed by atoms with Crippen molar-refractivity contribution in [1.82, 2.24) is 14.6 Å². The zero-order valence-electron chi connectivity index (χ0n) is 12.6. The number of ether oxygens (including phenoxy) is 2. The highest BCUT2D eigenvalue weighted by atomic mass is 16.5. The van der Waals surface area contributed by atoms with E-state index in [1.165, 1.54) is 11.6 Å². The number of likely N-dealkylation sites (N-methyl/N-ethyl adjacent to an activating group) is 1. The van der Waals surface area contributed by atoms with E-state index in [-0.39, 0.29) is 25.1 Å². The second-order valence-electron chi connectivity index (χ2n) is 4.37. The minimum atomic E-state index is -0.622. The number of aromatic nitrogens is 3. The summed E-state index contributed by atoms with van der Waals surface area (Å²) in [5.74, 6) is 0.383. The number of carbonyl (C=O) groups is 2. The van der Waals surface area contributed by atoms with Gasteiger partial charge in [-0.1, -0.05) is 6.07 Å². The lowest BCUT2D eigenvalue weighted by molar-refractivity contribution is -0.138. The van der Waals surface area contributed by atoms with Gasteiger partial charge in [-0.3, -0.25) is 10.1 Å². The van der Waals surface area contributed by atoms with Gasteiger partial charge in [0.2, 0.25) is 0 Å². The number of nitrogens with zero attached hydrogens (tertiary/aromatic N) is 4. The second kappa shape index (κ2) is 6.74. The quantitative estimate of drug-likeness (QED) is 0.820. The van der Waals surface area contributed by atoms with E-state index in [4.69, 9.17) is 4.74 Å². The van der Waals surface area contributed by atoms with Crippen LogP contribution in [0.5, 0.6) is 0 Å². The molecule has 1 amide bonds. The van der Waals surface area contributed by atoms with E-state index < -0.39 is 6.09 Å². The van der Waals surface area contributed by atoms with Crippen molar-refractivity contribution in [1.29, 1.82) is 0 Å². The molecule has 118 valence electrons. The molecule has 0 radical (unpaired) electrons. The Hall–Kier alpha value is -2.84. The predicted octanol–water partition coefficient (Wildman–Crippen LogP) is 0.907. The Morgan fingerprint density at radius 3 is 2.86 bits per heavy atom. The van der Waals surface area contributed by atoms with Gasteiger partial charge in [-0.05, 0) is 19.1 Å². The number of nitrogens with one attached hydrogen (secondary N) is 1. The zero-order chi connectivity index (χ0) is 16.1. The number of methoxy groups -OCH3 is 1.